The number of hydrogen-bond acceptors (Lipinski definition) is 3. The smallest absolute Gasteiger partial charge is 0.255 e. The number of nitrogens with zero attached hydrogens (tertiary/aromatic N) is 1. The molecule has 0 fully saturated rings. The number of allylic oxidation sites excluding steroid dienone is 1. The number of likely N-dealkylation sites (N-methyl/N-ethyl adjacent to an activating group) is 1. The van der Waals surface area contributed by atoms with E-state index in [1.165, 1.54) is 12.5 Å². The minimum atomic E-state index is -0.340. The molecular weight excluding hydrogens is 356 g/mol. The highest BCUT2D eigenvalue weighted by atomic mass is 79.9. The van der Waals surface area contributed by atoms with E-state index >= 15 is 0 Å². The molecule has 0 aliphatic carbocycles. The number of carbonyl (C=O) groups is 2. The molecule has 4 nitrogen and oxygen atoms in total. The quantitative estimate of drug-likeness (QED) is 0.470. The summed E-state index contributed by atoms with van der Waals surface area (Å²) < 4.78 is 0.915. The Morgan fingerprint density at radius 3 is 2.39 bits per heavy atom. The zero-order valence-corrected chi connectivity index (χ0v) is 16.0. The Hall–Kier alpha value is -1.88. The van der Waals surface area contributed by atoms with Crippen LogP contribution in [0.3, 0.4) is 0 Å². The molecular formula is C18H25BrN2O2. The average Bonchev–Trinajstić information content (AvgIpc) is 2.49. The zero-order chi connectivity index (χ0) is 18.0. The Balaban J connectivity index is 0.00000149. The minimum absolute atomic E-state index is 0.222. The zero-order valence-electron chi connectivity index (χ0n) is 14.4. The maximum atomic E-state index is 12.0. The Bertz CT molecular complexity index is 593. The number of halogens is 1. The van der Waals surface area contributed by atoms with Crippen molar-refractivity contribution in [3.8, 4) is 0 Å². The van der Waals surface area contributed by atoms with E-state index in [1.807, 2.05) is 25.1 Å². The van der Waals surface area contributed by atoms with Crippen LogP contribution in [-0.4, -0.2) is 31.2 Å². The van der Waals surface area contributed by atoms with Gasteiger partial charge in [-0.25, -0.2) is 0 Å². The number of aldehydes is 1. The van der Waals surface area contributed by atoms with Gasteiger partial charge < -0.3 is 10.2 Å². The largest absolute Gasteiger partial charge is 0.375 e. The molecule has 0 unspecified atom stereocenters. The Morgan fingerprint density at radius 1 is 1.35 bits per heavy atom. The molecule has 0 aliphatic heterocycles. The summed E-state index contributed by atoms with van der Waals surface area (Å²) in [6, 6.07) is 5.54. The van der Waals surface area contributed by atoms with Gasteiger partial charge in [0, 0.05) is 29.8 Å². The van der Waals surface area contributed by atoms with Crippen molar-refractivity contribution in [2.45, 2.75) is 27.2 Å². The van der Waals surface area contributed by atoms with Gasteiger partial charge in [-0.3, -0.25) is 9.59 Å². The summed E-state index contributed by atoms with van der Waals surface area (Å²) in [6.45, 7) is 9.84. The highest BCUT2D eigenvalue weighted by Gasteiger charge is 2.10. The monoisotopic (exact) mass is 380 g/mol. The first kappa shape index (κ1) is 21.1. The van der Waals surface area contributed by atoms with E-state index in [2.05, 4.69) is 41.7 Å². The van der Waals surface area contributed by atoms with Crippen LogP contribution in [0.15, 0.2) is 46.6 Å². The van der Waals surface area contributed by atoms with E-state index in [0.29, 0.717) is 17.7 Å². The lowest BCUT2D eigenvalue weighted by molar-refractivity contribution is -0.112. The predicted molar refractivity (Wildman–Crippen MR) is 100 cm³/mol. The first-order valence-corrected chi connectivity index (χ1v) is 8.17. The van der Waals surface area contributed by atoms with Crippen LogP contribution in [0, 0.1) is 6.92 Å². The van der Waals surface area contributed by atoms with Gasteiger partial charge in [-0.15, -0.1) is 0 Å². The molecule has 0 radical (unpaired) electrons. The number of anilines is 1. The summed E-state index contributed by atoms with van der Waals surface area (Å²) in [5.74, 6) is -0.340. The summed E-state index contributed by atoms with van der Waals surface area (Å²) in [4.78, 5) is 24.5. The standard InChI is InChI=1S/C15H17BrN2O2.C3H8/c1-10(8-12(9-19)18(3)4)15(20)17-14-7-5-6-13(16)11(14)2;1-3-2/h5-9H,1H2,2-4H3,(H,17,20);3H2,1-2H3/b12-8-;. The predicted octanol–water partition coefficient (Wildman–Crippen LogP) is 4.31. The fourth-order valence-electron chi connectivity index (χ4n) is 1.46. The van der Waals surface area contributed by atoms with Gasteiger partial charge in [0.1, 0.15) is 0 Å². The number of rotatable bonds is 5. The van der Waals surface area contributed by atoms with Crippen molar-refractivity contribution in [2.24, 2.45) is 0 Å². The van der Waals surface area contributed by atoms with E-state index in [9.17, 15) is 9.59 Å². The van der Waals surface area contributed by atoms with Crippen molar-refractivity contribution >= 4 is 33.8 Å². The third-order valence-corrected chi connectivity index (χ3v) is 3.63. The molecule has 0 aliphatic rings. The molecule has 5 heteroatoms. The lowest BCUT2D eigenvalue weighted by Gasteiger charge is -2.13. The topological polar surface area (TPSA) is 49.4 Å². The molecule has 23 heavy (non-hydrogen) atoms. The molecule has 0 heterocycles. The van der Waals surface area contributed by atoms with Crippen LogP contribution in [0.25, 0.3) is 0 Å². The number of carbonyl (C=O) groups excluding carboxylic acids is 2. The molecule has 0 bridgehead atoms. The number of hydrogen-bond donors (Lipinski definition) is 1. The van der Waals surface area contributed by atoms with Gasteiger partial charge in [0.05, 0.1) is 5.70 Å². The van der Waals surface area contributed by atoms with Gasteiger partial charge in [0.2, 0.25) is 0 Å². The fourth-order valence-corrected chi connectivity index (χ4v) is 1.82. The first-order chi connectivity index (χ1) is 10.8. The molecule has 0 spiro atoms. The van der Waals surface area contributed by atoms with Gasteiger partial charge in [-0.2, -0.15) is 0 Å². The first-order valence-electron chi connectivity index (χ1n) is 7.37. The highest BCUT2D eigenvalue weighted by molar-refractivity contribution is 9.10. The van der Waals surface area contributed by atoms with E-state index < -0.39 is 0 Å². The van der Waals surface area contributed by atoms with Crippen molar-refractivity contribution in [1.82, 2.24) is 4.90 Å². The van der Waals surface area contributed by atoms with Crippen molar-refractivity contribution in [1.29, 1.82) is 0 Å². The van der Waals surface area contributed by atoms with E-state index in [1.54, 1.807) is 19.0 Å². The second kappa shape index (κ2) is 10.8. The molecule has 0 aromatic heterocycles. The summed E-state index contributed by atoms with van der Waals surface area (Å²) in [5.41, 5.74) is 2.24. The third kappa shape index (κ3) is 7.28. The molecule has 0 saturated heterocycles. The summed E-state index contributed by atoms with van der Waals surface area (Å²) >= 11 is 3.40. The Morgan fingerprint density at radius 2 is 1.91 bits per heavy atom. The second-order valence-electron chi connectivity index (χ2n) is 5.18. The average molecular weight is 381 g/mol. The SMILES string of the molecule is C=C(/C=C(/C=O)N(C)C)C(=O)Nc1cccc(Br)c1C.CCC. The molecule has 0 atom stereocenters. The third-order valence-electron chi connectivity index (χ3n) is 2.77. The van der Waals surface area contributed by atoms with Crippen LogP contribution in [0.1, 0.15) is 25.8 Å². The van der Waals surface area contributed by atoms with Crippen LogP contribution in [0.4, 0.5) is 5.69 Å². The van der Waals surface area contributed by atoms with Crippen LogP contribution in [0.5, 0.6) is 0 Å². The molecule has 126 valence electrons. The highest BCUT2D eigenvalue weighted by Crippen LogP contribution is 2.23. The lowest BCUT2D eigenvalue weighted by Crippen LogP contribution is -2.17. The van der Waals surface area contributed by atoms with Crippen LogP contribution >= 0.6 is 15.9 Å². The van der Waals surface area contributed by atoms with Gasteiger partial charge in [0.25, 0.3) is 5.91 Å². The lowest BCUT2D eigenvalue weighted by atomic mass is 10.1. The van der Waals surface area contributed by atoms with Crippen LogP contribution < -0.4 is 5.32 Å². The van der Waals surface area contributed by atoms with Gasteiger partial charge >= 0.3 is 0 Å². The molecule has 0 saturated carbocycles. The van der Waals surface area contributed by atoms with Crippen LogP contribution in [0.2, 0.25) is 0 Å². The van der Waals surface area contributed by atoms with Gasteiger partial charge in [-0.05, 0) is 30.7 Å². The summed E-state index contributed by atoms with van der Waals surface area (Å²) in [6.07, 6.45) is 3.39. The van der Waals surface area contributed by atoms with Gasteiger partial charge in [0.15, 0.2) is 6.29 Å². The van der Waals surface area contributed by atoms with E-state index in [-0.39, 0.29) is 11.5 Å². The van der Waals surface area contributed by atoms with Gasteiger partial charge in [-0.1, -0.05) is 48.8 Å². The molecule has 1 aromatic carbocycles. The minimum Gasteiger partial charge on any atom is -0.375 e. The van der Waals surface area contributed by atoms with Crippen molar-refractivity contribution in [2.75, 3.05) is 19.4 Å². The van der Waals surface area contributed by atoms with Crippen molar-refractivity contribution in [3.63, 3.8) is 0 Å². The molecule has 1 N–H and O–H groups in total. The summed E-state index contributed by atoms with van der Waals surface area (Å²) in [7, 11) is 3.45. The van der Waals surface area contributed by atoms with Crippen molar-refractivity contribution < 1.29 is 9.59 Å². The molecule has 1 aromatic rings. The number of benzene rings is 1. The summed E-state index contributed by atoms with van der Waals surface area (Å²) in [5, 5.41) is 2.77. The van der Waals surface area contributed by atoms with Crippen molar-refractivity contribution in [3.05, 3.63) is 52.2 Å². The Labute approximate surface area is 147 Å². The van der Waals surface area contributed by atoms with E-state index in [4.69, 9.17) is 0 Å². The number of amides is 1. The normalized spacial score (nSPS) is 10.3. The molecule has 1 amide bonds. The molecule has 1 rings (SSSR count). The maximum absolute atomic E-state index is 12.0. The Kier molecular flexibility index (Phi) is 9.90. The number of nitrogens with one attached hydrogen (secondary N) is 1. The second-order valence-corrected chi connectivity index (χ2v) is 6.03. The van der Waals surface area contributed by atoms with Crippen LogP contribution in [-0.2, 0) is 9.59 Å². The fraction of sp³-hybridized carbons (Fsp3) is 0.333. The van der Waals surface area contributed by atoms with E-state index in [0.717, 1.165) is 10.0 Å². The maximum Gasteiger partial charge on any atom is 0.255 e.